The number of pyridine rings is 1. The first kappa shape index (κ1) is 17.5. The lowest BCUT2D eigenvalue weighted by Gasteiger charge is -2.28. The minimum atomic E-state index is -0.609. The van der Waals surface area contributed by atoms with Gasteiger partial charge in [-0.25, -0.2) is 0 Å². The molecule has 2 aromatic heterocycles. The number of amides is 1. The van der Waals surface area contributed by atoms with Crippen molar-refractivity contribution < 1.29 is 19.2 Å². The standard InChI is InChI=1S/C17H22N4O4/c1-2-21(13-10-24-11-14(13)22)16(23)7-3-6-15-19-17(20-25-15)12-5-4-8-18-9-12/h4-5,8-9,13-14,22H,2-3,6-7,10-11H2,1H3/t13-,14-/m1/s1. The Kier molecular flexibility index (Phi) is 5.72. The van der Waals surface area contributed by atoms with Crippen LogP contribution in [-0.4, -0.2) is 62.9 Å². The fraction of sp³-hybridized carbons (Fsp3) is 0.529. The molecule has 1 aliphatic heterocycles. The third-order valence-electron chi connectivity index (χ3n) is 4.25. The Labute approximate surface area is 145 Å². The van der Waals surface area contributed by atoms with Gasteiger partial charge in [-0.15, -0.1) is 0 Å². The van der Waals surface area contributed by atoms with E-state index in [1.807, 2.05) is 19.1 Å². The summed E-state index contributed by atoms with van der Waals surface area (Å²) in [6.07, 6.45) is 4.24. The summed E-state index contributed by atoms with van der Waals surface area (Å²) in [5.41, 5.74) is 0.793. The molecule has 3 rings (SSSR count). The summed E-state index contributed by atoms with van der Waals surface area (Å²) in [7, 11) is 0. The number of aliphatic hydroxyl groups excluding tert-OH is 1. The van der Waals surface area contributed by atoms with Gasteiger partial charge in [0.1, 0.15) is 0 Å². The van der Waals surface area contributed by atoms with Gasteiger partial charge in [0.05, 0.1) is 25.4 Å². The summed E-state index contributed by atoms with van der Waals surface area (Å²) in [5.74, 6) is 0.999. The minimum Gasteiger partial charge on any atom is -0.388 e. The number of hydrogen-bond donors (Lipinski definition) is 1. The molecule has 0 spiro atoms. The Balaban J connectivity index is 1.51. The predicted octanol–water partition coefficient (Wildman–Crippen LogP) is 1.06. The molecule has 0 aromatic carbocycles. The summed E-state index contributed by atoms with van der Waals surface area (Å²) in [6.45, 7) is 3.13. The van der Waals surface area contributed by atoms with E-state index in [1.54, 1.807) is 17.3 Å². The van der Waals surface area contributed by atoms with Crippen LogP contribution in [-0.2, 0) is 16.0 Å². The molecule has 1 saturated heterocycles. The van der Waals surface area contributed by atoms with Gasteiger partial charge in [-0.2, -0.15) is 4.98 Å². The van der Waals surface area contributed by atoms with E-state index >= 15 is 0 Å². The first-order valence-corrected chi connectivity index (χ1v) is 8.47. The number of ether oxygens (including phenoxy) is 1. The van der Waals surface area contributed by atoms with E-state index in [1.165, 1.54) is 0 Å². The maximum absolute atomic E-state index is 12.4. The van der Waals surface area contributed by atoms with Gasteiger partial charge < -0.3 is 19.3 Å². The van der Waals surface area contributed by atoms with Crippen molar-refractivity contribution in [2.45, 2.75) is 38.3 Å². The molecule has 1 aliphatic rings. The summed E-state index contributed by atoms with van der Waals surface area (Å²) in [4.78, 5) is 22.5. The van der Waals surface area contributed by atoms with Crippen molar-refractivity contribution in [3.63, 3.8) is 0 Å². The van der Waals surface area contributed by atoms with E-state index in [2.05, 4.69) is 15.1 Å². The lowest BCUT2D eigenvalue weighted by atomic mass is 10.1. The maximum Gasteiger partial charge on any atom is 0.226 e. The van der Waals surface area contributed by atoms with Crippen LogP contribution in [0, 0.1) is 0 Å². The van der Waals surface area contributed by atoms with Crippen LogP contribution >= 0.6 is 0 Å². The SMILES string of the molecule is CCN(C(=O)CCCc1nc(-c2cccnc2)no1)[C@@H]1COC[C@H]1O. The highest BCUT2D eigenvalue weighted by atomic mass is 16.5. The third-order valence-corrected chi connectivity index (χ3v) is 4.25. The van der Waals surface area contributed by atoms with E-state index < -0.39 is 6.10 Å². The molecule has 1 fully saturated rings. The van der Waals surface area contributed by atoms with Gasteiger partial charge in [-0.1, -0.05) is 5.16 Å². The Morgan fingerprint density at radius 2 is 2.32 bits per heavy atom. The van der Waals surface area contributed by atoms with E-state index in [-0.39, 0.29) is 18.6 Å². The molecule has 0 saturated carbocycles. The van der Waals surface area contributed by atoms with E-state index in [4.69, 9.17) is 9.26 Å². The average molecular weight is 346 g/mol. The number of nitrogens with zero attached hydrogens (tertiary/aromatic N) is 4. The van der Waals surface area contributed by atoms with Crippen LogP contribution in [0.15, 0.2) is 29.0 Å². The molecule has 0 radical (unpaired) electrons. The van der Waals surface area contributed by atoms with E-state index in [0.717, 1.165) is 5.56 Å². The lowest BCUT2D eigenvalue weighted by molar-refractivity contribution is -0.135. The highest BCUT2D eigenvalue weighted by Gasteiger charge is 2.33. The fourth-order valence-corrected chi connectivity index (χ4v) is 2.93. The zero-order chi connectivity index (χ0) is 17.6. The van der Waals surface area contributed by atoms with Crippen LogP contribution in [0.3, 0.4) is 0 Å². The van der Waals surface area contributed by atoms with Gasteiger partial charge in [-0.05, 0) is 25.5 Å². The zero-order valence-electron chi connectivity index (χ0n) is 14.2. The zero-order valence-corrected chi connectivity index (χ0v) is 14.2. The molecule has 0 bridgehead atoms. The quantitative estimate of drug-likeness (QED) is 0.800. The number of carbonyl (C=O) groups excluding carboxylic acids is 1. The molecular weight excluding hydrogens is 324 g/mol. The molecule has 0 unspecified atom stereocenters. The molecule has 1 amide bonds. The fourth-order valence-electron chi connectivity index (χ4n) is 2.93. The van der Waals surface area contributed by atoms with Gasteiger partial charge in [0.15, 0.2) is 0 Å². The Bertz CT molecular complexity index is 691. The normalized spacial score (nSPS) is 19.9. The molecule has 3 heterocycles. The molecule has 2 atom stereocenters. The predicted molar refractivity (Wildman–Crippen MR) is 88.5 cm³/mol. The van der Waals surface area contributed by atoms with Crippen molar-refractivity contribution in [2.24, 2.45) is 0 Å². The smallest absolute Gasteiger partial charge is 0.226 e. The number of aliphatic hydroxyl groups is 1. The van der Waals surface area contributed by atoms with Gasteiger partial charge in [0.25, 0.3) is 0 Å². The van der Waals surface area contributed by atoms with Crippen molar-refractivity contribution in [1.29, 1.82) is 0 Å². The number of aromatic nitrogens is 3. The summed E-state index contributed by atoms with van der Waals surface area (Å²) < 4.78 is 10.5. The summed E-state index contributed by atoms with van der Waals surface area (Å²) in [5, 5.41) is 13.8. The monoisotopic (exact) mass is 346 g/mol. The summed E-state index contributed by atoms with van der Waals surface area (Å²) in [6, 6.07) is 3.42. The molecule has 1 N–H and O–H groups in total. The topological polar surface area (TPSA) is 102 Å². The van der Waals surface area contributed by atoms with Gasteiger partial charge in [0, 0.05) is 37.3 Å². The van der Waals surface area contributed by atoms with E-state index in [0.29, 0.717) is 44.1 Å². The second-order valence-corrected chi connectivity index (χ2v) is 5.96. The molecule has 8 nitrogen and oxygen atoms in total. The van der Waals surface area contributed by atoms with Crippen LogP contribution < -0.4 is 0 Å². The Morgan fingerprint density at radius 1 is 1.44 bits per heavy atom. The highest BCUT2D eigenvalue weighted by Crippen LogP contribution is 2.17. The van der Waals surface area contributed by atoms with Crippen LogP contribution in [0.5, 0.6) is 0 Å². The molecular formula is C17H22N4O4. The molecule has 2 aromatic rings. The molecule has 25 heavy (non-hydrogen) atoms. The second-order valence-electron chi connectivity index (χ2n) is 5.96. The molecule has 0 aliphatic carbocycles. The number of likely N-dealkylation sites (N-methyl/N-ethyl adjacent to an activating group) is 1. The van der Waals surface area contributed by atoms with Crippen molar-refractivity contribution in [2.75, 3.05) is 19.8 Å². The third kappa shape index (κ3) is 4.21. The number of carbonyl (C=O) groups is 1. The summed E-state index contributed by atoms with van der Waals surface area (Å²) >= 11 is 0. The number of hydrogen-bond acceptors (Lipinski definition) is 7. The van der Waals surface area contributed by atoms with E-state index in [9.17, 15) is 9.90 Å². The largest absolute Gasteiger partial charge is 0.388 e. The lowest BCUT2D eigenvalue weighted by Crippen LogP contribution is -2.46. The van der Waals surface area contributed by atoms with Crippen LogP contribution in [0.2, 0.25) is 0 Å². The Hall–Kier alpha value is -2.32. The first-order valence-electron chi connectivity index (χ1n) is 8.47. The van der Waals surface area contributed by atoms with Gasteiger partial charge in [0.2, 0.25) is 17.6 Å². The van der Waals surface area contributed by atoms with Crippen LogP contribution in [0.4, 0.5) is 0 Å². The highest BCUT2D eigenvalue weighted by molar-refractivity contribution is 5.76. The maximum atomic E-state index is 12.4. The van der Waals surface area contributed by atoms with Gasteiger partial charge in [-0.3, -0.25) is 9.78 Å². The van der Waals surface area contributed by atoms with Crippen LogP contribution in [0.25, 0.3) is 11.4 Å². The molecule has 134 valence electrons. The van der Waals surface area contributed by atoms with Gasteiger partial charge >= 0.3 is 0 Å². The average Bonchev–Trinajstić information content (AvgIpc) is 3.26. The van der Waals surface area contributed by atoms with Crippen molar-refractivity contribution >= 4 is 5.91 Å². The first-order chi connectivity index (χ1) is 12.2. The van der Waals surface area contributed by atoms with Crippen molar-refractivity contribution in [1.82, 2.24) is 20.0 Å². The minimum absolute atomic E-state index is 0.00375. The number of rotatable bonds is 7. The van der Waals surface area contributed by atoms with Crippen LogP contribution in [0.1, 0.15) is 25.7 Å². The Morgan fingerprint density at radius 3 is 3.00 bits per heavy atom. The second kappa shape index (κ2) is 8.17. The van der Waals surface area contributed by atoms with Crippen molar-refractivity contribution in [3.8, 4) is 11.4 Å². The number of aryl methyl sites for hydroxylation is 1. The van der Waals surface area contributed by atoms with Crippen molar-refractivity contribution in [3.05, 3.63) is 30.4 Å². The molecule has 8 heteroatoms.